The summed E-state index contributed by atoms with van der Waals surface area (Å²) >= 11 is 1.22. The van der Waals surface area contributed by atoms with Crippen LogP contribution in [0.25, 0.3) is 5.69 Å². The number of thioether (sulfide) groups is 1. The number of hydrogen-bond donors (Lipinski definition) is 1. The van der Waals surface area contributed by atoms with Crippen molar-refractivity contribution in [1.29, 1.82) is 0 Å². The lowest BCUT2D eigenvalue weighted by atomic mass is 10.3. The summed E-state index contributed by atoms with van der Waals surface area (Å²) in [5, 5.41) is 22.6. The van der Waals surface area contributed by atoms with Gasteiger partial charge in [-0.25, -0.2) is 0 Å². The number of nitrogens with one attached hydrogen (secondary N) is 1. The van der Waals surface area contributed by atoms with Gasteiger partial charge >= 0.3 is 0 Å². The molecule has 1 N–H and O–H groups in total. The van der Waals surface area contributed by atoms with Crippen LogP contribution in [0.1, 0.15) is 5.82 Å². The second-order valence-electron chi connectivity index (χ2n) is 7.17. The molecule has 3 aromatic carbocycles. The van der Waals surface area contributed by atoms with Crippen molar-refractivity contribution in [2.45, 2.75) is 11.8 Å². The fourth-order valence-electron chi connectivity index (χ4n) is 3.14. The molecule has 11 heteroatoms. The van der Waals surface area contributed by atoms with Crippen LogP contribution in [0.3, 0.4) is 0 Å². The zero-order valence-electron chi connectivity index (χ0n) is 18.7. The van der Waals surface area contributed by atoms with E-state index in [4.69, 9.17) is 9.47 Å². The Morgan fingerprint density at radius 2 is 1.69 bits per heavy atom. The average molecular weight is 492 g/mol. The van der Waals surface area contributed by atoms with Gasteiger partial charge in [0.15, 0.2) is 11.0 Å². The van der Waals surface area contributed by atoms with Crippen molar-refractivity contribution >= 4 is 29.0 Å². The summed E-state index contributed by atoms with van der Waals surface area (Å²) in [6.45, 7) is 0.170. The van der Waals surface area contributed by atoms with Crippen LogP contribution in [-0.4, -0.2) is 38.5 Å². The van der Waals surface area contributed by atoms with Gasteiger partial charge in [-0.1, -0.05) is 30.0 Å². The molecule has 0 aliphatic carbocycles. The molecule has 0 bridgehead atoms. The minimum absolute atomic E-state index is 0.0438. The van der Waals surface area contributed by atoms with Gasteiger partial charge in [-0.05, 0) is 48.5 Å². The number of carbonyl (C=O) groups is 1. The van der Waals surface area contributed by atoms with Gasteiger partial charge in [0.2, 0.25) is 5.91 Å². The van der Waals surface area contributed by atoms with E-state index in [1.165, 1.54) is 36.0 Å². The third-order valence-electron chi connectivity index (χ3n) is 4.84. The third kappa shape index (κ3) is 6.15. The molecule has 0 saturated carbocycles. The van der Waals surface area contributed by atoms with Crippen LogP contribution in [0.4, 0.5) is 11.4 Å². The number of methoxy groups -OCH3 is 1. The van der Waals surface area contributed by atoms with E-state index >= 15 is 0 Å². The van der Waals surface area contributed by atoms with E-state index in [0.717, 1.165) is 11.4 Å². The monoisotopic (exact) mass is 491 g/mol. The van der Waals surface area contributed by atoms with Crippen molar-refractivity contribution in [2.24, 2.45) is 0 Å². The smallest absolute Gasteiger partial charge is 0.269 e. The number of carbonyl (C=O) groups excluding carboxylic acids is 1. The Morgan fingerprint density at radius 3 is 2.34 bits per heavy atom. The topological polar surface area (TPSA) is 121 Å². The zero-order valence-corrected chi connectivity index (χ0v) is 19.5. The number of amides is 1. The maximum Gasteiger partial charge on any atom is 0.269 e. The molecule has 1 aromatic heterocycles. The molecule has 0 unspecified atom stereocenters. The van der Waals surface area contributed by atoms with Crippen molar-refractivity contribution in [3.05, 3.63) is 94.8 Å². The molecule has 1 amide bonds. The van der Waals surface area contributed by atoms with Crippen molar-refractivity contribution in [3.8, 4) is 17.2 Å². The number of aromatic nitrogens is 3. The highest BCUT2D eigenvalue weighted by atomic mass is 32.2. The van der Waals surface area contributed by atoms with Crippen LogP contribution in [-0.2, 0) is 11.4 Å². The van der Waals surface area contributed by atoms with E-state index in [0.29, 0.717) is 22.4 Å². The first-order valence-electron chi connectivity index (χ1n) is 10.5. The van der Waals surface area contributed by atoms with Gasteiger partial charge < -0.3 is 14.8 Å². The zero-order chi connectivity index (χ0) is 24.6. The molecule has 4 rings (SSSR count). The summed E-state index contributed by atoms with van der Waals surface area (Å²) in [5.74, 6) is 1.76. The van der Waals surface area contributed by atoms with Gasteiger partial charge in [-0.15, -0.1) is 10.2 Å². The van der Waals surface area contributed by atoms with Crippen molar-refractivity contribution < 1.29 is 19.2 Å². The minimum Gasteiger partial charge on any atom is -0.497 e. The number of ether oxygens (including phenoxy) is 2. The quantitative estimate of drug-likeness (QED) is 0.196. The highest BCUT2D eigenvalue weighted by Crippen LogP contribution is 2.24. The fraction of sp³-hybridized carbons (Fsp3) is 0.125. The molecule has 0 radical (unpaired) electrons. The Bertz CT molecular complexity index is 1290. The molecule has 0 atom stereocenters. The van der Waals surface area contributed by atoms with Crippen LogP contribution in [0, 0.1) is 10.1 Å². The fourth-order valence-corrected chi connectivity index (χ4v) is 3.91. The van der Waals surface area contributed by atoms with E-state index in [-0.39, 0.29) is 24.0 Å². The van der Waals surface area contributed by atoms with Gasteiger partial charge in [0.1, 0.15) is 18.1 Å². The molecule has 35 heavy (non-hydrogen) atoms. The van der Waals surface area contributed by atoms with E-state index in [2.05, 4.69) is 15.5 Å². The highest BCUT2D eigenvalue weighted by Gasteiger charge is 2.17. The average Bonchev–Trinajstić information content (AvgIpc) is 3.30. The molecule has 10 nitrogen and oxygen atoms in total. The first kappa shape index (κ1) is 23.8. The summed E-state index contributed by atoms with van der Waals surface area (Å²) in [6.07, 6.45) is 0. The number of hydrogen-bond acceptors (Lipinski definition) is 8. The van der Waals surface area contributed by atoms with Crippen molar-refractivity contribution in [1.82, 2.24) is 14.8 Å². The summed E-state index contributed by atoms with van der Waals surface area (Å²) < 4.78 is 12.9. The Hall–Kier alpha value is -4.38. The number of nitro groups is 1. The third-order valence-corrected chi connectivity index (χ3v) is 5.77. The van der Waals surface area contributed by atoms with E-state index < -0.39 is 4.92 Å². The molecular formula is C24H21N5O5S. The molecule has 178 valence electrons. The Morgan fingerprint density at radius 1 is 1.00 bits per heavy atom. The van der Waals surface area contributed by atoms with Gasteiger partial charge in [0.25, 0.3) is 5.69 Å². The Labute approximate surface area is 205 Å². The largest absolute Gasteiger partial charge is 0.497 e. The number of benzene rings is 3. The molecule has 0 aliphatic rings. The lowest BCUT2D eigenvalue weighted by Gasteiger charge is -2.11. The van der Waals surface area contributed by atoms with E-state index in [1.54, 1.807) is 19.2 Å². The van der Waals surface area contributed by atoms with Gasteiger partial charge in [-0.3, -0.25) is 19.5 Å². The molecule has 0 fully saturated rings. The Kier molecular flexibility index (Phi) is 7.58. The maximum atomic E-state index is 12.5. The van der Waals surface area contributed by atoms with Crippen LogP contribution >= 0.6 is 11.8 Å². The highest BCUT2D eigenvalue weighted by molar-refractivity contribution is 7.99. The molecule has 0 spiro atoms. The predicted molar refractivity (Wildman–Crippen MR) is 131 cm³/mol. The standard InChI is InChI=1S/C24H21N5O5S/c1-33-20-11-13-21(14-12-20)34-15-22-26-27-24(28(22)18-5-3-2-4-6-18)35-16-23(30)25-17-7-9-19(10-8-17)29(31)32/h2-14H,15-16H2,1H3,(H,25,30). The minimum atomic E-state index is -0.492. The lowest BCUT2D eigenvalue weighted by Crippen LogP contribution is -2.14. The first-order chi connectivity index (χ1) is 17.0. The molecule has 0 saturated heterocycles. The molecule has 0 aliphatic heterocycles. The SMILES string of the molecule is COc1ccc(OCc2nnc(SCC(=O)Nc3ccc([N+](=O)[O-])cc3)n2-c2ccccc2)cc1. The summed E-state index contributed by atoms with van der Waals surface area (Å²) in [7, 11) is 1.60. The van der Waals surface area contributed by atoms with Crippen molar-refractivity contribution in [3.63, 3.8) is 0 Å². The summed E-state index contributed by atoms with van der Waals surface area (Å²) in [4.78, 5) is 22.8. The number of nitro benzene ring substituents is 1. The summed E-state index contributed by atoms with van der Waals surface area (Å²) in [5.41, 5.74) is 1.26. The second-order valence-corrected chi connectivity index (χ2v) is 8.12. The maximum absolute atomic E-state index is 12.5. The van der Waals surface area contributed by atoms with Gasteiger partial charge in [0.05, 0.1) is 17.8 Å². The number of nitrogens with zero attached hydrogens (tertiary/aromatic N) is 4. The number of non-ortho nitro benzene ring substituents is 1. The van der Waals surface area contributed by atoms with Crippen LogP contribution < -0.4 is 14.8 Å². The van der Waals surface area contributed by atoms with E-state index in [9.17, 15) is 14.9 Å². The lowest BCUT2D eigenvalue weighted by molar-refractivity contribution is -0.384. The second kappa shape index (κ2) is 11.2. The number of para-hydroxylation sites is 1. The van der Waals surface area contributed by atoms with E-state index in [1.807, 2.05) is 47.0 Å². The van der Waals surface area contributed by atoms with Gasteiger partial charge in [0, 0.05) is 23.5 Å². The molecule has 1 heterocycles. The number of rotatable bonds is 10. The van der Waals surface area contributed by atoms with Crippen molar-refractivity contribution in [2.75, 3.05) is 18.2 Å². The number of anilines is 1. The van der Waals surface area contributed by atoms with Gasteiger partial charge in [-0.2, -0.15) is 0 Å². The molecular weight excluding hydrogens is 470 g/mol. The Balaban J connectivity index is 1.45. The summed E-state index contributed by atoms with van der Waals surface area (Å²) in [6, 6.07) is 22.4. The van der Waals surface area contributed by atoms with Crippen LogP contribution in [0.15, 0.2) is 84.0 Å². The van der Waals surface area contributed by atoms with Crippen LogP contribution in [0.5, 0.6) is 11.5 Å². The normalized spacial score (nSPS) is 10.5. The molecule has 4 aromatic rings. The first-order valence-corrected chi connectivity index (χ1v) is 11.5. The van der Waals surface area contributed by atoms with Crippen LogP contribution in [0.2, 0.25) is 0 Å². The predicted octanol–water partition coefficient (Wildman–Crippen LogP) is 4.49.